The Labute approximate surface area is 181 Å². The minimum absolute atomic E-state index is 0.0600. The molecule has 3 heterocycles. The second kappa shape index (κ2) is 8.49. The van der Waals surface area contributed by atoms with Gasteiger partial charge in [0.25, 0.3) is 5.91 Å². The molecule has 1 aliphatic heterocycles. The van der Waals surface area contributed by atoms with E-state index in [0.29, 0.717) is 48.1 Å². The number of amides is 1. The molecule has 0 aliphatic carbocycles. The first-order valence-corrected chi connectivity index (χ1v) is 10.7. The van der Waals surface area contributed by atoms with Gasteiger partial charge in [-0.05, 0) is 68.9 Å². The molecular formula is C24H29N3O4. The zero-order valence-corrected chi connectivity index (χ0v) is 18.5. The highest BCUT2D eigenvalue weighted by Crippen LogP contribution is 2.35. The third-order valence-corrected chi connectivity index (χ3v) is 6.27. The predicted octanol–water partition coefficient (Wildman–Crippen LogP) is 4.32. The van der Waals surface area contributed by atoms with Gasteiger partial charge in [0, 0.05) is 35.9 Å². The predicted molar refractivity (Wildman–Crippen MR) is 119 cm³/mol. The molecule has 1 amide bonds. The molecule has 1 saturated heterocycles. The number of esters is 1. The van der Waals surface area contributed by atoms with Gasteiger partial charge in [-0.1, -0.05) is 0 Å². The van der Waals surface area contributed by atoms with Crippen LogP contribution in [0.1, 0.15) is 63.4 Å². The summed E-state index contributed by atoms with van der Waals surface area (Å²) in [4.78, 5) is 33.8. The van der Waals surface area contributed by atoms with Crippen LogP contribution in [0.2, 0.25) is 0 Å². The SMILES string of the molecule is CCOC(=O)c1c(C)[nH]c(C(=O)N2CCC(c3c[nH]c4ccc(OC)cc34)CC2)c1C. The summed E-state index contributed by atoms with van der Waals surface area (Å²) in [5.41, 5.74) is 4.65. The first kappa shape index (κ1) is 21.0. The Morgan fingerprint density at radius 2 is 1.94 bits per heavy atom. The molecule has 0 spiro atoms. The van der Waals surface area contributed by atoms with Crippen molar-refractivity contribution in [1.29, 1.82) is 0 Å². The largest absolute Gasteiger partial charge is 0.497 e. The molecule has 7 nitrogen and oxygen atoms in total. The molecule has 1 aliphatic rings. The number of ether oxygens (including phenoxy) is 2. The van der Waals surface area contributed by atoms with E-state index in [-0.39, 0.29) is 11.9 Å². The maximum atomic E-state index is 13.2. The summed E-state index contributed by atoms with van der Waals surface area (Å²) in [5.74, 6) is 0.777. The third-order valence-electron chi connectivity index (χ3n) is 6.27. The highest BCUT2D eigenvalue weighted by atomic mass is 16.5. The summed E-state index contributed by atoms with van der Waals surface area (Å²) in [6.45, 7) is 7.02. The van der Waals surface area contributed by atoms with Gasteiger partial charge < -0.3 is 24.3 Å². The molecule has 7 heteroatoms. The van der Waals surface area contributed by atoms with Crippen molar-refractivity contribution in [3.8, 4) is 5.75 Å². The summed E-state index contributed by atoms with van der Waals surface area (Å²) in [7, 11) is 1.68. The monoisotopic (exact) mass is 423 g/mol. The van der Waals surface area contributed by atoms with Crippen molar-refractivity contribution >= 4 is 22.8 Å². The lowest BCUT2D eigenvalue weighted by atomic mass is 9.89. The Morgan fingerprint density at radius 3 is 2.61 bits per heavy atom. The van der Waals surface area contributed by atoms with Crippen molar-refractivity contribution in [2.75, 3.05) is 26.8 Å². The Bertz CT molecular complexity index is 1120. The van der Waals surface area contributed by atoms with Crippen LogP contribution in [-0.4, -0.2) is 53.6 Å². The molecule has 31 heavy (non-hydrogen) atoms. The van der Waals surface area contributed by atoms with Gasteiger partial charge in [0.15, 0.2) is 0 Å². The lowest BCUT2D eigenvalue weighted by Crippen LogP contribution is -2.38. The van der Waals surface area contributed by atoms with Crippen LogP contribution < -0.4 is 4.74 Å². The molecule has 164 valence electrons. The Kier molecular flexibility index (Phi) is 5.76. The number of hydrogen-bond acceptors (Lipinski definition) is 4. The fraction of sp³-hybridized carbons (Fsp3) is 0.417. The van der Waals surface area contributed by atoms with E-state index in [1.54, 1.807) is 27.9 Å². The summed E-state index contributed by atoms with van der Waals surface area (Å²) in [6, 6.07) is 6.06. The van der Waals surface area contributed by atoms with E-state index in [1.807, 2.05) is 17.0 Å². The number of piperidine rings is 1. The molecule has 2 aromatic heterocycles. The zero-order chi connectivity index (χ0) is 22.1. The first-order valence-electron chi connectivity index (χ1n) is 10.7. The summed E-state index contributed by atoms with van der Waals surface area (Å²) >= 11 is 0. The Hall–Kier alpha value is -3.22. The summed E-state index contributed by atoms with van der Waals surface area (Å²) < 4.78 is 10.5. The van der Waals surface area contributed by atoms with Crippen LogP contribution in [-0.2, 0) is 4.74 Å². The van der Waals surface area contributed by atoms with Gasteiger partial charge in [-0.15, -0.1) is 0 Å². The van der Waals surface area contributed by atoms with E-state index >= 15 is 0 Å². The van der Waals surface area contributed by atoms with Crippen LogP contribution in [0.25, 0.3) is 10.9 Å². The van der Waals surface area contributed by atoms with E-state index < -0.39 is 0 Å². The van der Waals surface area contributed by atoms with Gasteiger partial charge >= 0.3 is 5.97 Å². The van der Waals surface area contributed by atoms with Crippen molar-refractivity contribution in [2.45, 2.75) is 39.5 Å². The second-order valence-corrected chi connectivity index (χ2v) is 8.07. The fourth-order valence-corrected chi connectivity index (χ4v) is 4.61. The summed E-state index contributed by atoms with van der Waals surface area (Å²) in [6.07, 6.45) is 3.86. The Morgan fingerprint density at radius 1 is 1.19 bits per heavy atom. The standard InChI is InChI=1S/C24H29N3O4/c1-5-31-24(29)21-14(2)22(26-15(21)3)23(28)27-10-8-16(9-11-27)19-13-25-20-7-6-17(30-4)12-18(19)20/h6-7,12-13,16,25-26H,5,8-11H2,1-4H3. The van der Waals surface area contributed by atoms with Gasteiger partial charge in [0.2, 0.25) is 0 Å². The van der Waals surface area contributed by atoms with Crippen LogP contribution in [0.3, 0.4) is 0 Å². The number of benzene rings is 1. The first-order chi connectivity index (χ1) is 14.9. The van der Waals surface area contributed by atoms with Gasteiger partial charge in [0.1, 0.15) is 11.4 Å². The molecular weight excluding hydrogens is 394 g/mol. The molecule has 3 aromatic rings. The number of carbonyl (C=O) groups is 2. The van der Waals surface area contributed by atoms with Gasteiger partial charge in [-0.2, -0.15) is 0 Å². The van der Waals surface area contributed by atoms with E-state index in [1.165, 1.54) is 10.9 Å². The molecule has 0 unspecified atom stereocenters. The molecule has 1 aromatic carbocycles. The normalized spacial score (nSPS) is 14.8. The molecule has 0 bridgehead atoms. The van der Waals surface area contributed by atoms with E-state index in [4.69, 9.17) is 9.47 Å². The summed E-state index contributed by atoms with van der Waals surface area (Å²) in [5, 5.41) is 1.18. The van der Waals surface area contributed by atoms with E-state index in [0.717, 1.165) is 24.1 Å². The van der Waals surface area contributed by atoms with E-state index in [2.05, 4.69) is 22.2 Å². The fourth-order valence-electron chi connectivity index (χ4n) is 4.61. The molecule has 0 radical (unpaired) electrons. The smallest absolute Gasteiger partial charge is 0.340 e. The number of aromatic amines is 2. The Balaban J connectivity index is 1.49. The minimum atomic E-state index is -0.388. The van der Waals surface area contributed by atoms with Crippen molar-refractivity contribution in [1.82, 2.24) is 14.9 Å². The second-order valence-electron chi connectivity index (χ2n) is 8.07. The number of carbonyl (C=O) groups excluding carboxylic acids is 2. The number of hydrogen-bond donors (Lipinski definition) is 2. The molecule has 0 atom stereocenters. The van der Waals surface area contributed by atoms with Crippen molar-refractivity contribution in [2.24, 2.45) is 0 Å². The van der Waals surface area contributed by atoms with Crippen molar-refractivity contribution < 1.29 is 19.1 Å². The molecule has 2 N–H and O–H groups in total. The number of likely N-dealkylation sites (tertiary alicyclic amines) is 1. The lowest BCUT2D eigenvalue weighted by Gasteiger charge is -2.32. The van der Waals surface area contributed by atoms with Gasteiger partial charge in [-0.3, -0.25) is 4.79 Å². The van der Waals surface area contributed by atoms with Crippen LogP contribution in [0.15, 0.2) is 24.4 Å². The van der Waals surface area contributed by atoms with E-state index in [9.17, 15) is 9.59 Å². The average molecular weight is 424 g/mol. The van der Waals surface area contributed by atoms with Gasteiger partial charge in [0.05, 0.1) is 19.3 Å². The zero-order valence-electron chi connectivity index (χ0n) is 18.5. The number of H-pyrrole nitrogens is 2. The number of nitrogens with one attached hydrogen (secondary N) is 2. The van der Waals surface area contributed by atoms with Crippen LogP contribution in [0.4, 0.5) is 0 Å². The molecule has 4 rings (SSSR count). The molecule has 0 saturated carbocycles. The number of aryl methyl sites for hydroxylation is 1. The third kappa shape index (κ3) is 3.80. The van der Waals surface area contributed by atoms with Crippen molar-refractivity contribution in [3.63, 3.8) is 0 Å². The van der Waals surface area contributed by atoms with Crippen LogP contribution in [0.5, 0.6) is 5.75 Å². The van der Waals surface area contributed by atoms with Gasteiger partial charge in [-0.25, -0.2) is 4.79 Å². The number of aromatic nitrogens is 2. The minimum Gasteiger partial charge on any atom is -0.497 e. The van der Waals surface area contributed by atoms with Crippen LogP contribution in [0, 0.1) is 13.8 Å². The lowest BCUT2D eigenvalue weighted by molar-refractivity contribution is 0.0525. The number of rotatable bonds is 5. The maximum Gasteiger partial charge on any atom is 0.340 e. The van der Waals surface area contributed by atoms with Crippen molar-refractivity contribution in [3.05, 3.63) is 52.5 Å². The number of nitrogens with zero attached hydrogens (tertiary/aromatic N) is 1. The maximum absolute atomic E-state index is 13.2. The van der Waals surface area contributed by atoms with Crippen LogP contribution >= 0.6 is 0 Å². The average Bonchev–Trinajstić information content (AvgIpc) is 3.33. The topological polar surface area (TPSA) is 87.4 Å². The quantitative estimate of drug-likeness (QED) is 0.599. The highest BCUT2D eigenvalue weighted by molar-refractivity contribution is 6.00. The number of fused-ring (bicyclic) bond motifs is 1. The highest BCUT2D eigenvalue weighted by Gasteiger charge is 2.30. The molecule has 1 fully saturated rings. The number of methoxy groups -OCH3 is 1.